The number of aryl methyl sites for hydroxylation is 1. The normalized spacial score (nSPS) is 19.9. The summed E-state index contributed by atoms with van der Waals surface area (Å²) in [4.78, 5) is 12.3. The van der Waals surface area contributed by atoms with Crippen molar-refractivity contribution in [3.8, 4) is 5.75 Å². The van der Waals surface area contributed by atoms with Crippen LogP contribution in [0.25, 0.3) is 0 Å². The van der Waals surface area contributed by atoms with E-state index < -0.39 is 0 Å². The van der Waals surface area contributed by atoms with Gasteiger partial charge in [0.25, 0.3) is 0 Å². The van der Waals surface area contributed by atoms with E-state index in [1.54, 1.807) is 0 Å². The van der Waals surface area contributed by atoms with Crippen LogP contribution in [-0.4, -0.2) is 5.97 Å². The second-order valence-corrected chi connectivity index (χ2v) is 7.72. The Bertz CT molecular complexity index is 692. The Labute approximate surface area is 157 Å². The maximum atomic E-state index is 12.3. The van der Waals surface area contributed by atoms with Crippen molar-refractivity contribution in [2.24, 2.45) is 5.92 Å². The summed E-state index contributed by atoms with van der Waals surface area (Å²) in [6.07, 6.45) is 8.59. The lowest BCUT2D eigenvalue weighted by Gasteiger charge is -2.26. The van der Waals surface area contributed by atoms with Gasteiger partial charge in [0.15, 0.2) is 0 Å². The quantitative estimate of drug-likeness (QED) is 0.436. The molecule has 0 radical (unpaired) electrons. The van der Waals surface area contributed by atoms with Crippen molar-refractivity contribution >= 4 is 5.97 Å². The van der Waals surface area contributed by atoms with E-state index in [4.69, 9.17) is 4.74 Å². The van der Waals surface area contributed by atoms with Gasteiger partial charge in [-0.1, -0.05) is 57.4 Å². The van der Waals surface area contributed by atoms with E-state index in [1.165, 1.54) is 49.7 Å². The van der Waals surface area contributed by atoms with Gasteiger partial charge in [-0.2, -0.15) is 0 Å². The smallest absolute Gasteiger partial charge is 0.343 e. The topological polar surface area (TPSA) is 26.3 Å². The number of esters is 1. The molecule has 1 fully saturated rings. The summed E-state index contributed by atoms with van der Waals surface area (Å²) < 4.78 is 5.54. The second kappa shape index (κ2) is 9.02. The van der Waals surface area contributed by atoms with E-state index in [0.29, 0.717) is 17.2 Å². The number of rotatable bonds is 6. The summed E-state index contributed by atoms with van der Waals surface area (Å²) in [5.74, 6) is 1.86. The van der Waals surface area contributed by atoms with Crippen molar-refractivity contribution in [2.75, 3.05) is 0 Å². The van der Waals surface area contributed by atoms with Crippen molar-refractivity contribution in [2.45, 2.75) is 64.7 Å². The Kier molecular flexibility index (Phi) is 6.49. The van der Waals surface area contributed by atoms with Gasteiger partial charge in [-0.3, -0.25) is 0 Å². The number of carbonyl (C=O) groups excluding carboxylic acids is 1. The minimum atomic E-state index is -0.286. The van der Waals surface area contributed by atoms with Gasteiger partial charge < -0.3 is 4.74 Å². The van der Waals surface area contributed by atoms with Crippen LogP contribution in [0.2, 0.25) is 0 Å². The lowest BCUT2D eigenvalue weighted by Crippen LogP contribution is -2.11. The van der Waals surface area contributed by atoms with Crippen molar-refractivity contribution in [1.29, 1.82) is 0 Å². The summed E-state index contributed by atoms with van der Waals surface area (Å²) in [7, 11) is 0. The van der Waals surface area contributed by atoms with Crippen LogP contribution in [0.5, 0.6) is 5.75 Å². The molecule has 2 aromatic carbocycles. The fraction of sp³-hybridized carbons (Fsp3) is 0.458. The molecule has 0 spiro atoms. The van der Waals surface area contributed by atoms with Crippen LogP contribution in [0.3, 0.4) is 0 Å². The van der Waals surface area contributed by atoms with Crippen LogP contribution in [0, 0.1) is 5.92 Å². The van der Waals surface area contributed by atoms with E-state index in [9.17, 15) is 4.79 Å². The average Bonchev–Trinajstić information content (AvgIpc) is 2.68. The van der Waals surface area contributed by atoms with Gasteiger partial charge in [0.05, 0.1) is 5.56 Å². The second-order valence-electron chi connectivity index (χ2n) is 7.72. The minimum absolute atomic E-state index is 0.286. The first-order valence-corrected chi connectivity index (χ1v) is 10.1. The third-order valence-corrected chi connectivity index (χ3v) is 5.59. The van der Waals surface area contributed by atoms with E-state index >= 15 is 0 Å². The van der Waals surface area contributed by atoms with Gasteiger partial charge in [0, 0.05) is 0 Å². The maximum Gasteiger partial charge on any atom is 0.343 e. The Morgan fingerprint density at radius 3 is 2.23 bits per heavy atom. The lowest BCUT2D eigenvalue weighted by molar-refractivity contribution is 0.0734. The molecule has 1 saturated carbocycles. The van der Waals surface area contributed by atoms with Gasteiger partial charge >= 0.3 is 5.97 Å². The molecular weight excluding hydrogens is 320 g/mol. The summed E-state index contributed by atoms with van der Waals surface area (Å²) in [5.41, 5.74) is 3.25. The van der Waals surface area contributed by atoms with Crippen LogP contribution in [0.4, 0.5) is 0 Å². The van der Waals surface area contributed by atoms with Gasteiger partial charge in [-0.05, 0) is 72.9 Å². The highest BCUT2D eigenvalue weighted by atomic mass is 16.5. The maximum absolute atomic E-state index is 12.3. The Hall–Kier alpha value is -2.09. The van der Waals surface area contributed by atoms with Crippen molar-refractivity contribution < 1.29 is 9.53 Å². The van der Waals surface area contributed by atoms with Gasteiger partial charge in [0.2, 0.25) is 0 Å². The number of carbonyl (C=O) groups is 1. The molecule has 2 nitrogen and oxygen atoms in total. The van der Waals surface area contributed by atoms with E-state index in [1.807, 2.05) is 36.4 Å². The van der Waals surface area contributed by atoms with Crippen LogP contribution >= 0.6 is 0 Å². The Morgan fingerprint density at radius 1 is 0.962 bits per heavy atom. The Balaban J connectivity index is 1.57. The average molecular weight is 351 g/mol. The molecule has 1 aliphatic rings. The molecule has 0 atom stereocenters. The largest absolute Gasteiger partial charge is 0.423 e. The zero-order chi connectivity index (χ0) is 18.4. The molecular formula is C24H30O2. The molecule has 26 heavy (non-hydrogen) atoms. The van der Waals surface area contributed by atoms with Crippen LogP contribution < -0.4 is 4.74 Å². The highest BCUT2D eigenvalue weighted by Crippen LogP contribution is 2.35. The third kappa shape index (κ3) is 4.97. The van der Waals surface area contributed by atoms with Gasteiger partial charge in [-0.15, -0.1) is 0 Å². The predicted molar refractivity (Wildman–Crippen MR) is 107 cm³/mol. The van der Waals surface area contributed by atoms with E-state index in [0.717, 1.165) is 12.3 Å². The van der Waals surface area contributed by atoms with E-state index in [-0.39, 0.29) is 5.97 Å². The third-order valence-electron chi connectivity index (χ3n) is 5.59. The van der Waals surface area contributed by atoms with Crippen LogP contribution in [0.1, 0.15) is 79.8 Å². The first-order valence-electron chi connectivity index (χ1n) is 10.1. The molecule has 0 heterocycles. The Morgan fingerprint density at radius 2 is 1.62 bits per heavy atom. The molecule has 0 unspecified atom stereocenters. The first kappa shape index (κ1) is 18.7. The molecule has 0 bridgehead atoms. The van der Waals surface area contributed by atoms with Crippen LogP contribution in [0.15, 0.2) is 48.5 Å². The van der Waals surface area contributed by atoms with E-state index in [2.05, 4.69) is 26.0 Å². The number of hydrogen-bond acceptors (Lipinski definition) is 2. The van der Waals surface area contributed by atoms with Gasteiger partial charge in [-0.25, -0.2) is 4.79 Å². The summed E-state index contributed by atoms with van der Waals surface area (Å²) in [5, 5.41) is 0. The molecule has 0 amide bonds. The summed E-state index contributed by atoms with van der Waals surface area (Å²) in [6, 6.07) is 15.9. The molecule has 0 aromatic heterocycles. The highest BCUT2D eigenvalue weighted by molar-refractivity contribution is 5.91. The summed E-state index contributed by atoms with van der Waals surface area (Å²) in [6.45, 7) is 4.53. The molecule has 1 aliphatic carbocycles. The SMILES string of the molecule is CCCCc1ccc(C(=O)Oc2ccc(C3CCC(C)CC3)cc2)cc1. The number of hydrogen-bond donors (Lipinski definition) is 0. The summed E-state index contributed by atoms with van der Waals surface area (Å²) >= 11 is 0. The first-order chi connectivity index (χ1) is 12.7. The highest BCUT2D eigenvalue weighted by Gasteiger charge is 2.19. The molecule has 3 rings (SSSR count). The zero-order valence-electron chi connectivity index (χ0n) is 16.0. The lowest BCUT2D eigenvalue weighted by atomic mass is 9.79. The minimum Gasteiger partial charge on any atom is -0.423 e. The van der Waals surface area contributed by atoms with Crippen molar-refractivity contribution in [3.63, 3.8) is 0 Å². The molecule has 0 saturated heterocycles. The standard InChI is InChI=1S/C24H30O2/c1-3-4-5-19-8-12-22(13-9-19)24(25)26-23-16-14-21(15-17-23)20-10-6-18(2)7-11-20/h8-9,12-18,20H,3-7,10-11H2,1-2H3. The molecule has 0 aliphatic heterocycles. The molecule has 2 heteroatoms. The number of benzene rings is 2. The molecule has 138 valence electrons. The fourth-order valence-electron chi connectivity index (χ4n) is 3.76. The number of unbranched alkanes of at least 4 members (excludes halogenated alkanes) is 1. The molecule has 0 N–H and O–H groups in total. The fourth-order valence-corrected chi connectivity index (χ4v) is 3.76. The molecule has 2 aromatic rings. The van der Waals surface area contributed by atoms with Gasteiger partial charge in [0.1, 0.15) is 5.75 Å². The predicted octanol–water partition coefficient (Wildman–Crippen LogP) is 6.54. The number of ether oxygens (including phenoxy) is 1. The van der Waals surface area contributed by atoms with Crippen LogP contribution in [-0.2, 0) is 6.42 Å². The van der Waals surface area contributed by atoms with Crippen molar-refractivity contribution in [1.82, 2.24) is 0 Å². The monoisotopic (exact) mass is 350 g/mol. The zero-order valence-corrected chi connectivity index (χ0v) is 16.0. The van der Waals surface area contributed by atoms with Crippen molar-refractivity contribution in [3.05, 3.63) is 65.2 Å².